The highest BCUT2D eigenvalue weighted by atomic mass is 19.2. The van der Waals surface area contributed by atoms with E-state index in [9.17, 15) is 8.78 Å². The zero-order valence-electron chi connectivity index (χ0n) is 9.22. The molecule has 1 aromatic rings. The fraction of sp³-hybridized carbons (Fsp3) is 0.455. The van der Waals surface area contributed by atoms with Crippen molar-refractivity contribution < 1.29 is 23.4 Å². The molecule has 90 valence electrons. The number of methoxy groups -OCH3 is 2. The van der Waals surface area contributed by atoms with Gasteiger partial charge < -0.3 is 14.6 Å². The summed E-state index contributed by atoms with van der Waals surface area (Å²) in [5.74, 6) is -2.11. The number of aryl methyl sites for hydroxylation is 1. The molecule has 0 spiro atoms. The van der Waals surface area contributed by atoms with Crippen molar-refractivity contribution >= 4 is 0 Å². The number of ether oxygens (including phenoxy) is 2. The monoisotopic (exact) mass is 232 g/mol. The Morgan fingerprint density at radius 3 is 2.31 bits per heavy atom. The molecule has 1 rings (SSSR count). The number of rotatable bonds is 5. The van der Waals surface area contributed by atoms with Crippen molar-refractivity contribution in [2.75, 3.05) is 20.8 Å². The molecule has 0 fully saturated rings. The van der Waals surface area contributed by atoms with Crippen LogP contribution in [0, 0.1) is 11.6 Å². The molecule has 0 aliphatic heterocycles. The van der Waals surface area contributed by atoms with Gasteiger partial charge in [0.05, 0.1) is 14.2 Å². The smallest absolute Gasteiger partial charge is 0.204 e. The summed E-state index contributed by atoms with van der Waals surface area (Å²) in [6.45, 7) is -0.0233. The lowest BCUT2D eigenvalue weighted by Gasteiger charge is -2.13. The third-order valence-electron chi connectivity index (χ3n) is 2.22. The van der Waals surface area contributed by atoms with Crippen LogP contribution in [0.5, 0.6) is 11.5 Å². The van der Waals surface area contributed by atoms with Gasteiger partial charge in [0.15, 0.2) is 17.3 Å². The highest BCUT2D eigenvalue weighted by Crippen LogP contribution is 2.35. The SMILES string of the molecule is COc1c(CCCO)cc(F)c(F)c1OC. The van der Waals surface area contributed by atoms with Crippen molar-refractivity contribution in [3.63, 3.8) is 0 Å². The standard InChI is InChI=1S/C11H14F2O3/c1-15-10-7(4-3-5-14)6-8(12)9(13)11(10)16-2/h6,14H,3-5H2,1-2H3. The van der Waals surface area contributed by atoms with E-state index in [-0.39, 0.29) is 18.1 Å². The number of aliphatic hydroxyl groups excluding tert-OH is 1. The Hall–Kier alpha value is -1.36. The van der Waals surface area contributed by atoms with E-state index >= 15 is 0 Å². The van der Waals surface area contributed by atoms with E-state index < -0.39 is 11.6 Å². The van der Waals surface area contributed by atoms with Gasteiger partial charge in [0.25, 0.3) is 0 Å². The van der Waals surface area contributed by atoms with Crippen LogP contribution in [0.1, 0.15) is 12.0 Å². The van der Waals surface area contributed by atoms with Gasteiger partial charge in [-0.05, 0) is 18.9 Å². The molecule has 0 radical (unpaired) electrons. The number of hydrogen-bond acceptors (Lipinski definition) is 3. The minimum Gasteiger partial charge on any atom is -0.492 e. The molecule has 0 aliphatic carbocycles. The summed E-state index contributed by atoms with van der Waals surface area (Å²) >= 11 is 0. The largest absolute Gasteiger partial charge is 0.492 e. The Kier molecular flexibility index (Phi) is 4.49. The maximum Gasteiger partial charge on any atom is 0.204 e. The molecule has 0 saturated heterocycles. The van der Waals surface area contributed by atoms with Gasteiger partial charge in [-0.2, -0.15) is 4.39 Å². The molecule has 0 amide bonds. The van der Waals surface area contributed by atoms with Crippen molar-refractivity contribution in [2.45, 2.75) is 12.8 Å². The average molecular weight is 232 g/mol. The molecule has 0 aliphatic rings. The lowest BCUT2D eigenvalue weighted by molar-refractivity contribution is 0.286. The van der Waals surface area contributed by atoms with E-state index in [0.717, 1.165) is 6.07 Å². The number of halogens is 2. The third-order valence-corrected chi connectivity index (χ3v) is 2.22. The summed E-state index contributed by atoms with van der Waals surface area (Å²) in [5, 5.41) is 8.70. The molecular formula is C11H14F2O3. The van der Waals surface area contributed by atoms with Crippen LogP contribution in [-0.2, 0) is 6.42 Å². The summed E-state index contributed by atoms with van der Waals surface area (Å²) in [7, 11) is 2.61. The number of aliphatic hydroxyl groups is 1. The van der Waals surface area contributed by atoms with Crippen LogP contribution < -0.4 is 9.47 Å². The number of benzene rings is 1. The van der Waals surface area contributed by atoms with E-state index in [1.54, 1.807) is 0 Å². The summed E-state index contributed by atoms with van der Waals surface area (Å²) in [6, 6.07) is 1.06. The molecule has 5 heteroatoms. The predicted octanol–water partition coefficient (Wildman–Crippen LogP) is 1.91. The van der Waals surface area contributed by atoms with Gasteiger partial charge in [-0.3, -0.25) is 0 Å². The second-order valence-corrected chi connectivity index (χ2v) is 3.23. The van der Waals surface area contributed by atoms with Gasteiger partial charge in [-0.1, -0.05) is 0 Å². The minimum atomic E-state index is -1.06. The topological polar surface area (TPSA) is 38.7 Å². The first kappa shape index (κ1) is 12.7. The Morgan fingerprint density at radius 2 is 1.81 bits per heavy atom. The second-order valence-electron chi connectivity index (χ2n) is 3.23. The molecular weight excluding hydrogens is 218 g/mol. The highest BCUT2D eigenvalue weighted by Gasteiger charge is 2.19. The maximum atomic E-state index is 13.3. The lowest BCUT2D eigenvalue weighted by atomic mass is 10.1. The Morgan fingerprint density at radius 1 is 1.19 bits per heavy atom. The maximum absolute atomic E-state index is 13.3. The van der Waals surface area contributed by atoms with Gasteiger partial charge in [0.1, 0.15) is 0 Å². The molecule has 0 aromatic heterocycles. The fourth-order valence-corrected chi connectivity index (χ4v) is 1.50. The van der Waals surface area contributed by atoms with E-state index in [1.807, 2.05) is 0 Å². The van der Waals surface area contributed by atoms with E-state index in [1.165, 1.54) is 14.2 Å². The van der Waals surface area contributed by atoms with Crippen molar-refractivity contribution in [3.8, 4) is 11.5 Å². The molecule has 0 unspecified atom stereocenters. The van der Waals surface area contributed by atoms with Gasteiger partial charge in [-0.25, -0.2) is 4.39 Å². The first-order valence-corrected chi connectivity index (χ1v) is 4.85. The van der Waals surface area contributed by atoms with Crippen LogP contribution in [0.15, 0.2) is 6.07 Å². The average Bonchev–Trinajstić information content (AvgIpc) is 2.29. The molecule has 1 aromatic carbocycles. The fourth-order valence-electron chi connectivity index (χ4n) is 1.50. The summed E-state index contributed by atoms with van der Waals surface area (Å²) in [5.41, 5.74) is 0.479. The molecule has 16 heavy (non-hydrogen) atoms. The van der Waals surface area contributed by atoms with Crippen LogP contribution in [0.4, 0.5) is 8.78 Å². The van der Waals surface area contributed by atoms with Crippen molar-refractivity contribution in [1.29, 1.82) is 0 Å². The van der Waals surface area contributed by atoms with Crippen molar-refractivity contribution in [1.82, 2.24) is 0 Å². The normalized spacial score (nSPS) is 10.3. The zero-order valence-corrected chi connectivity index (χ0v) is 9.22. The summed E-state index contributed by atoms with van der Waals surface area (Å²) < 4.78 is 36.3. The highest BCUT2D eigenvalue weighted by molar-refractivity contribution is 5.48. The van der Waals surface area contributed by atoms with Crippen molar-refractivity contribution in [3.05, 3.63) is 23.3 Å². The van der Waals surface area contributed by atoms with E-state index in [4.69, 9.17) is 14.6 Å². The van der Waals surface area contributed by atoms with Crippen LogP contribution in [-0.4, -0.2) is 25.9 Å². The summed E-state index contributed by atoms with van der Waals surface area (Å²) in [6.07, 6.45) is 0.845. The Labute approximate surface area is 92.6 Å². The number of hydrogen-bond donors (Lipinski definition) is 1. The quantitative estimate of drug-likeness (QED) is 0.842. The molecule has 1 N–H and O–H groups in total. The Balaban J connectivity index is 3.20. The van der Waals surface area contributed by atoms with Gasteiger partial charge in [-0.15, -0.1) is 0 Å². The van der Waals surface area contributed by atoms with Gasteiger partial charge in [0, 0.05) is 12.2 Å². The molecule has 0 saturated carbocycles. The third kappa shape index (κ3) is 2.41. The first-order chi connectivity index (χ1) is 7.65. The minimum absolute atomic E-state index is 0.0233. The second kappa shape index (κ2) is 5.65. The van der Waals surface area contributed by atoms with Crippen LogP contribution in [0.25, 0.3) is 0 Å². The van der Waals surface area contributed by atoms with Gasteiger partial charge >= 0.3 is 0 Å². The van der Waals surface area contributed by atoms with Gasteiger partial charge in [0.2, 0.25) is 5.82 Å². The van der Waals surface area contributed by atoms with Crippen molar-refractivity contribution in [2.24, 2.45) is 0 Å². The molecule has 0 heterocycles. The van der Waals surface area contributed by atoms with Crippen LogP contribution in [0.2, 0.25) is 0 Å². The summed E-state index contributed by atoms with van der Waals surface area (Å²) in [4.78, 5) is 0. The lowest BCUT2D eigenvalue weighted by Crippen LogP contribution is -2.02. The Bertz CT molecular complexity index is 367. The molecule has 0 atom stereocenters. The predicted molar refractivity (Wildman–Crippen MR) is 54.9 cm³/mol. The molecule has 3 nitrogen and oxygen atoms in total. The van der Waals surface area contributed by atoms with Crippen LogP contribution in [0.3, 0.4) is 0 Å². The van der Waals surface area contributed by atoms with Crippen LogP contribution >= 0.6 is 0 Å². The first-order valence-electron chi connectivity index (χ1n) is 4.85. The molecule has 0 bridgehead atoms. The van der Waals surface area contributed by atoms with E-state index in [2.05, 4.69) is 0 Å². The zero-order chi connectivity index (χ0) is 12.1. The van der Waals surface area contributed by atoms with E-state index in [0.29, 0.717) is 18.4 Å².